The van der Waals surface area contributed by atoms with E-state index >= 15 is 0 Å². The van der Waals surface area contributed by atoms with Crippen LogP contribution in [0.1, 0.15) is 31.2 Å². The van der Waals surface area contributed by atoms with Crippen molar-refractivity contribution in [1.29, 1.82) is 0 Å². The Kier molecular flexibility index (Phi) is 7.32. The van der Waals surface area contributed by atoms with E-state index in [0.29, 0.717) is 48.8 Å². The Hall–Kier alpha value is -3.72. The van der Waals surface area contributed by atoms with Crippen LogP contribution in [-0.2, 0) is 11.3 Å². The normalized spacial score (nSPS) is 21.2. The standard InChI is InChI=1S/C29H34ClN7O2/c30-27-16-26(28(31)34-33-27)36-17-24-9-10-25(18-36)37(24)23-8-4-7-22(15-23)32-21-11-13-35(14-12-21)29(38)39-19-20-5-2-1-3-6-20/h1-8,15-16,21,24-25,32H,9-14,17-19H2,(H2,31,34)/t24-,25+. The Labute approximate surface area is 233 Å². The highest BCUT2D eigenvalue weighted by Crippen LogP contribution is 2.38. The molecule has 2 aromatic carbocycles. The van der Waals surface area contributed by atoms with E-state index in [2.05, 4.69) is 49.6 Å². The lowest BCUT2D eigenvalue weighted by Crippen LogP contribution is -2.54. The number of piperazine rings is 1. The summed E-state index contributed by atoms with van der Waals surface area (Å²) < 4.78 is 5.52. The minimum Gasteiger partial charge on any atom is -0.445 e. The van der Waals surface area contributed by atoms with E-state index in [-0.39, 0.29) is 6.09 Å². The number of aromatic nitrogens is 2. The number of fused-ring (bicyclic) bond motifs is 2. The van der Waals surface area contributed by atoms with Crippen LogP contribution in [0.4, 0.5) is 27.7 Å². The van der Waals surface area contributed by atoms with E-state index in [1.165, 1.54) is 5.69 Å². The van der Waals surface area contributed by atoms with Gasteiger partial charge in [0.1, 0.15) is 6.61 Å². The SMILES string of the molecule is Nc1nnc(Cl)cc1N1C[C@H]2CC[C@@H](C1)N2c1cccc(NC2CCN(C(=O)OCc3ccccc3)CC2)c1. The summed E-state index contributed by atoms with van der Waals surface area (Å²) in [5, 5.41) is 11.9. The monoisotopic (exact) mass is 547 g/mol. The average molecular weight is 548 g/mol. The van der Waals surface area contributed by atoms with Gasteiger partial charge in [0.25, 0.3) is 0 Å². The van der Waals surface area contributed by atoms with Gasteiger partial charge in [0.15, 0.2) is 11.0 Å². The van der Waals surface area contributed by atoms with Crippen molar-refractivity contribution in [1.82, 2.24) is 15.1 Å². The van der Waals surface area contributed by atoms with E-state index in [1.807, 2.05) is 41.3 Å². The average Bonchev–Trinajstić information content (AvgIpc) is 3.23. The minimum absolute atomic E-state index is 0.236. The number of likely N-dealkylation sites (tertiary alicyclic amines) is 1. The smallest absolute Gasteiger partial charge is 0.410 e. The number of ether oxygens (including phenoxy) is 1. The van der Waals surface area contributed by atoms with Crippen LogP contribution in [-0.4, -0.2) is 65.5 Å². The maximum absolute atomic E-state index is 12.5. The van der Waals surface area contributed by atoms with Crippen molar-refractivity contribution in [2.24, 2.45) is 0 Å². The van der Waals surface area contributed by atoms with Gasteiger partial charge in [-0.2, -0.15) is 0 Å². The van der Waals surface area contributed by atoms with Gasteiger partial charge in [-0.15, -0.1) is 10.2 Å². The van der Waals surface area contributed by atoms with Gasteiger partial charge in [0.2, 0.25) is 0 Å². The van der Waals surface area contributed by atoms with Gasteiger partial charge in [0, 0.05) is 61.7 Å². The number of carbonyl (C=O) groups is 1. The Morgan fingerprint density at radius 1 is 0.974 bits per heavy atom. The molecule has 0 aliphatic carbocycles. The Bertz CT molecular complexity index is 1290. The molecule has 1 aromatic heterocycles. The van der Waals surface area contributed by atoms with Crippen LogP contribution < -0.4 is 20.9 Å². The minimum atomic E-state index is -0.236. The molecular weight excluding hydrogens is 514 g/mol. The summed E-state index contributed by atoms with van der Waals surface area (Å²) >= 11 is 6.11. The number of amides is 1. The van der Waals surface area contributed by atoms with Crippen LogP contribution in [0.3, 0.4) is 0 Å². The zero-order valence-electron chi connectivity index (χ0n) is 21.9. The molecule has 1 amide bonds. The van der Waals surface area contributed by atoms with E-state index in [1.54, 1.807) is 0 Å². The lowest BCUT2D eigenvalue weighted by molar-refractivity contribution is 0.0882. The molecule has 3 N–H and O–H groups in total. The molecule has 6 rings (SSSR count). The summed E-state index contributed by atoms with van der Waals surface area (Å²) in [6, 6.07) is 21.5. The number of benzene rings is 2. The number of anilines is 4. The molecule has 0 saturated carbocycles. The van der Waals surface area contributed by atoms with Crippen molar-refractivity contribution >= 4 is 40.6 Å². The number of rotatable bonds is 6. The predicted octanol–water partition coefficient (Wildman–Crippen LogP) is 4.78. The van der Waals surface area contributed by atoms with Crippen LogP contribution in [0.5, 0.6) is 0 Å². The number of hydrogen-bond acceptors (Lipinski definition) is 8. The Morgan fingerprint density at radius 3 is 2.46 bits per heavy atom. The molecule has 0 radical (unpaired) electrons. The van der Waals surface area contributed by atoms with Gasteiger partial charge in [-0.3, -0.25) is 0 Å². The first-order valence-electron chi connectivity index (χ1n) is 13.7. The largest absolute Gasteiger partial charge is 0.445 e. The molecule has 204 valence electrons. The van der Waals surface area contributed by atoms with Gasteiger partial charge < -0.3 is 30.5 Å². The maximum atomic E-state index is 12.5. The number of halogens is 1. The number of carbonyl (C=O) groups excluding carboxylic acids is 1. The third-order valence-corrected chi connectivity index (χ3v) is 8.25. The van der Waals surface area contributed by atoms with Crippen molar-refractivity contribution in [3.8, 4) is 0 Å². The molecule has 0 spiro atoms. The second-order valence-corrected chi connectivity index (χ2v) is 11.0. The second-order valence-electron chi connectivity index (χ2n) is 10.6. The molecule has 10 heteroatoms. The molecule has 39 heavy (non-hydrogen) atoms. The molecule has 3 saturated heterocycles. The first kappa shape index (κ1) is 25.6. The molecular formula is C29H34ClN7O2. The van der Waals surface area contributed by atoms with Gasteiger partial charge in [-0.25, -0.2) is 4.79 Å². The number of nitrogens with two attached hydrogens (primary N) is 1. The molecule has 9 nitrogen and oxygen atoms in total. The van der Waals surface area contributed by atoms with Gasteiger partial charge >= 0.3 is 6.09 Å². The first-order valence-corrected chi connectivity index (χ1v) is 14.1. The van der Waals surface area contributed by atoms with Crippen LogP contribution in [0, 0.1) is 0 Å². The molecule has 2 atom stereocenters. The zero-order valence-corrected chi connectivity index (χ0v) is 22.6. The third-order valence-electron chi connectivity index (χ3n) is 8.07. The number of hydrogen-bond donors (Lipinski definition) is 2. The van der Waals surface area contributed by atoms with Crippen molar-refractivity contribution in [3.63, 3.8) is 0 Å². The third kappa shape index (κ3) is 5.68. The van der Waals surface area contributed by atoms with Crippen LogP contribution in [0.25, 0.3) is 0 Å². The fourth-order valence-corrected chi connectivity index (χ4v) is 6.29. The van der Waals surface area contributed by atoms with Crippen molar-refractivity contribution < 1.29 is 9.53 Å². The lowest BCUT2D eigenvalue weighted by Gasteiger charge is -2.43. The molecule has 2 bridgehead atoms. The summed E-state index contributed by atoms with van der Waals surface area (Å²) in [4.78, 5) is 19.2. The lowest BCUT2D eigenvalue weighted by atomic mass is 10.0. The zero-order chi connectivity index (χ0) is 26.8. The van der Waals surface area contributed by atoms with Gasteiger partial charge in [-0.05, 0) is 49.4 Å². The number of piperidine rings is 1. The van der Waals surface area contributed by atoms with Crippen LogP contribution >= 0.6 is 11.6 Å². The number of nitrogens with one attached hydrogen (secondary N) is 1. The number of nitrogen functional groups attached to an aromatic ring is 1. The molecule has 3 aliphatic rings. The van der Waals surface area contributed by atoms with Gasteiger partial charge in [0.05, 0.1) is 5.69 Å². The fourth-order valence-electron chi connectivity index (χ4n) is 6.15. The molecule has 3 aromatic rings. The van der Waals surface area contributed by atoms with Crippen molar-refractivity contribution in [2.75, 3.05) is 47.0 Å². The summed E-state index contributed by atoms with van der Waals surface area (Å²) in [5.41, 5.74) is 10.4. The predicted molar refractivity (Wildman–Crippen MR) is 154 cm³/mol. The van der Waals surface area contributed by atoms with E-state index in [4.69, 9.17) is 22.1 Å². The van der Waals surface area contributed by atoms with Crippen molar-refractivity contribution in [2.45, 2.75) is 50.4 Å². The quantitative estimate of drug-likeness (QED) is 0.455. The summed E-state index contributed by atoms with van der Waals surface area (Å²) in [6.07, 6.45) is 3.82. The summed E-state index contributed by atoms with van der Waals surface area (Å²) in [7, 11) is 0. The van der Waals surface area contributed by atoms with E-state index < -0.39 is 0 Å². The van der Waals surface area contributed by atoms with E-state index in [0.717, 1.165) is 55.7 Å². The number of nitrogens with zero attached hydrogens (tertiary/aromatic N) is 5. The molecule has 4 heterocycles. The summed E-state index contributed by atoms with van der Waals surface area (Å²) in [6.45, 7) is 3.43. The van der Waals surface area contributed by atoms with Crippen molar-refractivity contribution in [3.05, 3.63) is 71.4 Å². The highest BCUT2D eigenvalue weighted by atomic mass is 35.5. The molecule has 3 fully saturated rings. The van der Waals surface area contributed by atoms with Gasteiger partial charge in [-0.1, -0.05) is 48.0 Å². The van der Waals surface area contributed by atoms with Crippen LogP contribution in [0.2, 0.25) is 5.15 Å². The Morgan fingerprint density at radius 2 is 1.72 bits per heavy atom. The maximum Gasteiger partial charge on any atom is 0.410 e. The Balaban J connectivity index is 1.04. The second kappa shape index (κ2) is 11.2. The van der Waals surface area contributed by atoms with E-state index in [9.17, 15) is 4.79 Å². The topological polar surface area (TPSA) is 99.9 Å². The molecule has 0 unspecified atom stereocenters. The highest BCUT2D eigenvalue weighted by molar-refractivity contribution is 6.29. The highest BCUT2D eigenvalue weighted by Gasteiger charge is 2.40. The first-order chi connectivity index (χ1) is 19.0. The fraction of sp³-hybridized carbons (Fsp3) is 0.414. The summed E-state index contributed by atoms with van der Waals surface area (Å²) in [5.74, 6) is 0.425. The van der Waals surface area contributed by atoms with Crippen LogP contribution in [0.15, 0.2) is 60.7 Å². The molecule has 3 aliphatic heterocycles.